The van der Waals surface area contributed by atoms with E-state index in [1.807, 2.05) is 0 Å². The second-order valence-corrected chi connectivity index (χ2v) is 5.26. The van der Waals surface area contributed by atoms with Gasteiger partial charge in [-0.2, -0.15) is 27.8 Å². The highest BCUT2D eigenvalue weighted by Crippen LogP contribution is 2.38. The van der Waals surface area contributed by atoms with Gasteiger partial charge in [0.15, 0.2) is 35.4 Å². The van der Waals surface area contributed by atoms with Gasteiger partial charge in [-0.1, -0.05) is 0 Å². The molecule has 2 aromatic heterocycles. The van der Waals surface area contributed by atoms with Gasteiger partial charge in [-0.25, -0.2) is 26.7 Å². The van der Waals surface area contributed by atoms with Gasteiger partial charge in [0.1, 0.15) is 0 Å². The highest BCUT2D eigenvalue weighted by molar-refractivity contribution is 5.80. The van der Waals surface area contributed by atoms with E-state index in [0.29, 0.717) is 0 Å². The van der Waals surface area contributed by atoms with Crippen LogP contribution >= 0.6 is 0 Å². The van der Waals surface area contributed by atoms with Crippen LogP contribution in [-0.4, -0.2) is 32.6 Å². The number of aromatic amines is 1. The van der Waals surface area contributed by atoms with E-state index in [0.717, 1.165) is 0 Å². The zero-order valence-corrected chi connectivity index (χ0v) is 13.1. The number of aromatic nitrogens is 4. The van der Waals surface area contributed by atoms with Crippen LogP contribution < -0.4 is 10.4 Å². The van der Waals surface area contributed by atoms with Gasteiger partial charge in [-0.3, -0.25) is 4.98 Å². The van der Waals surface area contributed by atoms with Crippen molar-refractivity contribution in [2.75, 3.05) is 6.61 Å². The summed E-state index contributed by atoms with van der Waals surface area (Å²) in [5, 5.41) is 3.02. The maximum absolute atomic E-state index is 13.5. The largest absolute Gasteiger partial charge is 0.459 e. The summed E-state index contributed by atoms with van der Waals surface area (Å²) in [6.07, 6.45) is -8.20. The normalized spacial score (nSPS) is 12.2. The average molecular weight is 414 g/mol. The summed E-state index contributed by atoms with van der Waals surface area (Å²) < 4.78 is 109. The number of hydrogen-bond acceptors (Lipinski definition) is 4. The smallest absolute Gasteiger partial charge is 0.435 e. The molecule has 0 fully saturated rings. The minimum Gasteiger partial charge on any atom is -0.459 e. The second-order valence-electron chi connectivity index (χ2n) is 5.26. The van der Waals surface area contributed by atoms with Crippen molar-refractivity contribution < 1.29 is 39.9 Å². The molecule has 0 saturated carbocycles. The van der Waals surface area contributed by atoms with Gasteiger partial charge in [-0.05, 0) is 17.7 Å². The monoisotopic (exact) mass is 414 g/mol. The van der Waals surface area contributed by atoms with E-state index in [4.69, 9.17) is 0 Å². The number of H-pyrrole nitrogens is 1. The molecule has 14 heteroatoms. The predicted octanol–water partition coefficient (Wildman–Crippen LogP) is 3.16. The van der Waals surface area contributed by atoms with E-state index >= 15 is 0 Å². The molecule has 0 aliphatic heterocycles. The summed E-state index contributed by atoms with van der Waals surface area (Å²) in [5.41, 5.74) is -5.92. The first-order valence-corrected chi connectivity index (χ1v) is 7.15. The molecule has 0 bridgehead atoms. The fourth-order valence-corrected chi connectivity index (χ4v) is 2.30. The SMILES string of the molecule is O=c1[nH]c(OCC(F)F)nc2c(-c3cc(F)c(F)c(F)c3)c(C(F)(F)F)nn12. The lowest BCUT2D eigenvalue weighted by Crippen LogP contribution is -2.21. The lowest BCUT2D eigenvalue weighted by Gasteiger charge is -2.08. The van der Waals surface area contributed by atoms with E-state index in [1.165, 1.54) is 0 Å². The van der Waals surface area contributed by atoms with E-state index in [2.05, 4.69) is 14.8 Å². The minimum absolute atomic E-state index is 0.104. The molecular formula is C14H6F8N4O2. The number of nitrogens with zero attached hydrogens (tertiary/aromatic N) is 3. The Morgan fingerprint density at radius 1 is 1.14 bits per heavy atom. The minimum atomic E-state index is -5.21. The third kappa shape index (κ3) is 3.48. The average Bonchev–Trinajstić information content (AvgIpc) is 2.98. The number of benzene rings is 1. The van der Waals surface area contributed by atoms with Gasteiger partial charge in [0.25, 0.3) is 12.4 Å². The molecule has 0 radical (unpaired) electrons. The Morgan fingerprint density at radius 2 is 1.75 bits per heavy atom. The molecule has 1 N–H and O–H groups in total. The summed E-state index contributed by atoms with van der Waals surface area (Å²) in [7, 11) is 0. The first kappa shape index (κ1) is 19.6. The molecule has 0 unspecified atom stereocenters. The first-order valence-electron chi connectivity index (χ1n) is 7.15. The summed E-state index contributed by atoms with van der Waals surface area (Å²) in [6, 6.07) is -0.392. The number of halogens is 8. The molecular weight excluding hydrogens is 408 g/mol. The topological polar surface area (TPSA) is 72.3 Å². The molecule has 0 atom stereocenters. The number of hydrogen-bond donors (Lipinski definition) is 1. The highest BCUT2D eigenvalue weighted by atomic mass is 19.4. The van der Waals surface area contributed by atoms with E-state index in [-0.39, 0.29) is 16.6 Å². The van der Waals surface area contributed by atoms with Crippen LogP contribution in [0.25, 0.3) is 16.8 Å². The Labute approximate surface area is 148 Å². The fraction of sp³-hybridized carbons (Fsp3) is 0.214. The molecule has 3 aromatic rings. The quantitative estimate of drug-likeness (QED) is 0.526. The first-order chi connectivity index (χ1) is 13.0. The number of alkyl halides is 5. The van der Waals surface area contributed by atoms with Crippen molar-refractivity contribution in [1.29, 1.82) is 0 Å². The van der Waals surface area contributed by atoms with Crippen LogP contribution in [0.2, 0.25) is 0 Å². The molecule has 28 heavy (non-hydrogen) atoms. The molecule has 0 saturated heterocycles. The standard InChI is InChI=1S/C14H6F8N4O2/c15-5-1-4(2-6(16)9(5)19)8-10(14(20,21)22)25-26-11(8)23-12(24-13(26)27)28-3-7(17)18/h1-2,7H,3H2,(H,23,24,27). The lowest BCUT2D eigenvalue weighted by molar-refractivity contribution is -0.140. The maximum Gasteiger partial charge on any atom is 0.435 e. The fourth-order valence-electron chi connectivity index (χ4n) is 2.30. The maximum atomic E-state index is 13.5. The van der Waals surface area contributed by atoms with Gasteiger partial charge in [0.2, 0.25) is 0 Å². The molecule has 2 heterocycles. The lowest BCUT2D eigenvalue weighted by atomic mass is 10.0. The molecule has 0 amide bonds. The number of ether oxygens (including phenoxy) is 1. The molecule has 0 aliphatic rings. The van der Waals surface area contributed by atoms with Crippen molar-refractivity contribution in [3.63, 3.8) is 0 Å². The van der Waals surface area contributed by atoms with Gasteiger partial charge >= 0.3 is 11.9 Å². The summed E-state index contributed by atoms with van der Waals surface area (Å²) in [4.78, 5) is 17.2. The second kappa shape index (κ2) is 6.76. The third-order valence-corrected chi connectivity index (χ3v) is 3.36. The van der Waals surface area contributed by atoms with E-state index < -0.39 is 70.8 Å². The molecule has 3 rings (SSSR count). The van der Waals surface area contributed by atoms with Crippen LogP contribution in [0.3, 0.4) is 0 Å². The number of nitrogens with one attached hydrogen (secondary N) is 1. The van der Waals surface area contributed by atoms with Crippen molar-refractivity contribution in [3.8, 4) is 17.1 Å². The van der Waals surface area contributed by atoms with E-state index in [1.54, 1.807) is 4.98 Å². The van der Waals surface area contributed by atoms with Gasteiger partial charge in [-0.15, -0.1) is 0 Å². The van der Waals surface area contributed by atoms with Crippen LogP contribution in [0.5, 0.6) is 6.01 Å². The van der Waals surface area contributed by atoms with Crippen molar-refractivity contribution in [1.82, 2.24) is 19.6 Å². The van der Waals surface area contributed by atoms with Crippen LogP contribution in [0.1, 0.15) is 5.69 Å². The highest BCUT2D eigenvalue weighted by Gasteiger charge is 2.40. The Bertz CT molecular complexity index is 1080. The Kier molecular flexibility index (Phi) is 4.72. The van der Waals surface area contributed by atoms with Gasteiger partial charge < -0.3 is 4.74 Å². The molecule has 0 aliphatic carbocycles. The Hall–Kier alpha value is -3.19. The number of rotatable bonds is 4. The van der Waals surface area contributed by atoms with Crippen LogP contribution in [0.4, 0.5) is 35.1 Å². The van der Waals surface area contributed by atoms with Crippen LogP contribution in [-0.2, 0) is 6.18 Å². The third-order valence-electron chi connectivity index (χ3n) is 3.36. The van der Waals surface area contributed by atoms with Crippen molar-refractivity contribution in [3.05, 3.63) is 45.8 Å². The van der Waals surface area contributed by atoms with Crippen molar-refractivity contribution in [2.45, 2.75) is 12.6 Å². The molecule has 6 nitrogen and oxygen atoms in total. The zero-order chi connectivity index (χ0) is 20.8. The Morgan fingerprint density at radius 3 is 2.29 bits per heavy atom. The predicted molar refractivity (Wildman–Crippen MR) is 75.4 cm³/mol. The Balaban J connectivity index is 2.33. The summed E-state index contributed by atoms with van der Waals surface area (Å²) in [6.45, 7) is -1.24. The van der Waals surface area contributed by atoms with Gasteiger partial charge in [0, 0.05) is 0 Å². The van der Waals surface area contributed by atoms with E-state index in [9.17, 15) is 39.9 Å². The molecule has 0 spiro atoms. The summed E-state index contributed by atoms with van der Waals surface area (Å²) in [5.74, 6) is -5.54. The van der Waals surface area contributed by atoms with Crippen LogP contribution in [0, 0.1) is 17.5 Å². The van der Waals surface area contributed by atoms with Crippen molar-refractivity contribution in [2.24, 2.45) is 0 Å². The zero-order valence-electron chi connectivity index (χ0n) is 13.1. The molecule has 1 aromatic carbocycles. The van der Waals surface area contributed by atoms with Crippen molar-refractivity contribution >= 4 is 5.65 Å². The number of fused-ring (bicyclic) bond motifs is 1. The van der Waals surface area contributed by atoms with Gasteiger partial charge in [0.05, 0.1) is 5.56 Å². The molecule has 150 valence electrons. The van der Waals surface area contributed by atoms with Crippen LogP contribution in [0.15, 0.2) is 16.9 Å². The summed E-state index contributed by atoms with van der Waals surface area (Å²) >= 11 is 0.